The average molecular weight is 575 g/mol. The van der Waals surface area contributed by atoms with Gasteiger partial charge in [-0.15, -0.1) is 0 Å². The summed E-state index contributed by atoms with van der Waals surface area (Å²) in [6.07, 6.45) is 0. The first kappa shape index (κ1) is 26.5. The van der Waals surface area contributed by atoms with Gasteiger partial charge in [-0.1, -0.05) is 100 Å². The highest BCUT2D eigenvalue weighted by Gasteiger charge is 2.26. The first-order chi connectivity index (χ1) is 21.4. The Labute approximate surface area is 256 Å². The summed E-state index contributed by atoms with van der Waals surface area (Å²) in [6, 6.07) is 36.2. The van der Waals surface area contributed by atoms with Crippen LogP contribution in [0.25, 0.3) is 72.3 Å². The molecule has 0 fully saturated rings. The van der Waals surface area contributed by atoms with E-state index in [-0.39, 0.29) is 0 Å². The molecule has 8 rings (SSSR count). The van der Waals surface area contributed by atoms with E-state index in [2.05, 4.69) is 124 Å². The van der Waals surface area contributed by atoms with Crippen LogP contribution in [0, 0.1) is 6.92 Å². The number of para-hydroxylation sites is 3. The van der Waals surface area contributed by atoms with E-state index in [4.69, 9.17) is 13.8 Å². The third kappa shape index (κ3) is 4.01. The highest BCUT2D eigenvalue weighted by atomic mass is 16.3. The van der Waals surface area contributed by atoms with Crippen LogP contribution in [0.5, 0.6) is 0 Å². The van der Waals surface area contributed by atoms with E-state index < -0.39 is 0 Å². The molecule has 0 spiro atoms. The van der Waals surface area contributed by atoms with Gasteiger partial charge >= 0.3 is 0 Å². The van der Waals surface area contributed by atoms with Crippen molar-refractivity contribution < 1.29 is 8.83 Å². The Hall–Kier alpha value is -5.09. The zero-order chi connectivity index (χ0) is 30.1. The normalized spacial score (nSPS) is 12.2. The maximum Gasteiger partial charge on any atom is 0.150 e. The van der Waals surface area contributed by atoms with E-state index in [9.17, 15) is 0 Å². The Kier molecular flexibility index (Phi) is 6.02. The number of benzene rings is 5. The van der Waals surface area contributed by atoms with Gasteiger partial charge in [0.2, 0.25) is 0 Å². The van der Waals surface area contributed by atoms with Gasteiger partial charge in [-0.3, -0.25) is 4.57 Å². The highest BCUT2D eigenvalue weighted by Crippen LogP contribution is 2.45. The van der Waals surface area contributed by atoms with Crippen LogP contribution in [0.2, 0.25) is 0 Å². The third-order valence-electron chi connectivity index (χ3n) is 8.80. The molecule has 4 heteroatoms. The summed E-state index contributed by atoms with van der Waals surface area (Å²) in [6.45, 7) is 11.2. The molecule has 216 valence electrons. The predicted octanol–water partition coefficient (Wildman–Crippen LogP) is 11.6. The molecule has 0 unspecified atom stereocenters. The number of nitrogens with zero attached hydrogens (tertiary/aromatic N) is 2. The van der Waals surface area contributed by atoms with Crippen molar-refractivity contribution in [3.63, 3.8) is 0 Å². The van der Waals surface area contributed by atoms with Gasteiger partial charge in [-0.05, 0) is 65.8 Å². The van der Waals surface area contributed by atoms with Crippen LogP contribution in [-0.2, 0) is 0 Å². The molecule has 0 aliphatic carbocycles. The van der Waals surface area contributed by atoms with E-state index in [0.29, 0.717) is 11.8 Å². The van der Waals surface area contributed by atoms with E-state index in [1.165, 1.54) is 16.8 Å². The van der Waals surface area contributed by atoms with Gasteiger partial charge in [-0.2, -0.15) is 0 Å². The minimum atomic E-state index is 0.330. The van der Waals surface area contributed by atoms with Crippen molar-refractivity contribution in [2.45, 2.75) is 46.5 Å². The lowest BCUT2D eigenvalue weighted by atomic mass is 9.92. The first-order valence-corrected chi connectivity index (χ1v) is 15.4. The number of aryl methyl sites for hydroxylation is 1. The zero-order valence-corrected chi connectivity index (χ0v) is 25.7. The minimum Gasteiger partial charge on any atom is -0.455 e. The monoisotopic (exact) mass is 574 g/mol. The molecule has 3 aromatic heterocycles. The van der Waals surface area contributed by atoms with E-state index in [1.54, 1.807) is 0 Å². The van der Waals surface area contributed by atoms with Crippen molar-refractivity contribution >= 4 is 43.9 Å². The number of aromatic nitrogens is 2. The molecule has 0 N–H and O–H groups in total. The molecular weight excluding hydrogens is 540 g/mol. The number of fused-ring (bicyclic) bond motifs is 6. The molecule has 4 nitrogen and oxygen atoms in total. The van der Waals surface area contributed by atoms with E-state index >= 15 is 0 Å². The molecule has 0 atom stereocenters. The molecule has 0 radical (unpaired) electrons. The molecule has 5 aromatic carbocycles. The molecule has 44 heavy (non-hydrogen) atoms. The van der Waals surface area contributed by atoms with Crippen LogP contribution in [0.3, 0.4) is 0 Å². The fourth-order valence-electron chi connectivity index (χ4n) is 6.66. The highest BCUT2D eigenvalue weighted by molar-refractivity contribution is 6.21. The second-order valence-electron chi connectivity index (χ2n) is 12.5. The molecule has 3 heterocycles. The number of furan rings is 2. The lowest BCUT2D eigenvalue weighted by molar-refractivity contribution is 0.633. The number of hydrogen-bond acceptors (Lipinski definition) is 3. The minimum absolute atomic E-state index is 0.330. The maximum atomic E-state index is 6.77. The molecule has 0 aliphatic heterocycles. The summed E-state index contributed by atoms with van der Waals surface area (Å²) >= 11 is 0. The largest absolute Gasteiger partial charge is 0.455 e. The molecule has 0 aliphatic rings. The topological polar surface area (TPSA) is 44.1 Å². The molecular formula is C40H34N2O2. The van der Waals surface area contributed by atoms with Crippen molar-refractivity contribution in [2.24, 2.45) is 0 Å². The van der Waals surface area contributed by atoms with Gasteiger partial charge in [0.1, 0.15) is 28.3 Å². The molecule has 0 bridgehead atoms. The van der Waals surface area contributed by atoms with Crippen molar-refractivity contribution in [1.82, 2.24) is 9.55 Å². The summed E-state index contributed by atoms with van der Waals surface area (Å²) in [7, 11) is 0. The van der Waals surface area contributed by atoms with Crippen LogP contribution in [0.15, 0.2) is 112 Å². The van der Waals surface area contributed by atoms with Crippen LogP contribution in [0.1, 0.15) is 56.2 Å². The van der Waals surface area contributed by atoms with Gasteiger partial charge < -0.3 is 8.83 Å². The lowest BCUT2D eigenvalue weighted by Gasteiger charge is -2.22. The summed E-state index contributed by atoms with van der Waals surface area (Å²) in [4.78, 5) is 5.34. The van der Waals surface area contributed by atoms with Gasteiger partial charge in [0.25, 0.3) is 0 Å². The standard InChI is InChI=1S/C40H34N2O2/c1-23(2)28-14-11-15-29(24(3)4)37(28)42-33-17-10-9-16-32(33)41-40(42)31-21-27-22-34(26-12-7-6-8-13-26)43-38(27)36-30-19-18-25(5)20-35(30)44-39(31)36/h6-24H,1-5H3. The number of hydrogen-bond donors (Lipinski definition) is 0. The Bertz CT molecular complexity index is 2320. The Morgan fingerprint density at radius 2 is 1.41 bits per heavy atom. The van der Waals surface area contributed by atoms with Crippen molar-refractivity contribution in [1.29, 1.82) is 0 Å². The second kappa shape index (κ2) is 9.99. The van der Waals surface area contributed by atoms with Crippen LogP contribution < -0.4 is 0 Å². The Morgan fingerprint density at radius 3 is 2.16 bits per heavy atom. The van der Waals surface area contributed by atoms with Crippen LogP contribution in [-0.4, -0.2) is 9.55 Å². The summed E-state index contributed by atoms with van der Waals surface area (Å²) < 4.78 is 15.8. The van der Waals surface area contributed by atoms with Gasteiger partial charge in [0.15, 0.2) is 0 Å². The fraction of sp³-hybridized carbons (Fsp3) is 0.175. The maximum absolute atomic E-state index is 6.77. The first-order valence-electron chi connectivity index (χ1n) is 15.4. The second-order valence-corrected chi connectivity index (χ2v) is 12.5. The van der Waals surface area contributed by atoms with Crippen molar-refractivity contribution in [3.8, 4) is 28.4 Å². The number of imidazole rings is 1. The Balaban J connectivity index is 1.54. The smallest absolute Gasteiger partial charge is 0.150 e. The van der Waals surface area contributed by atoms with Crippen molar-refractivity contribution in [2.75, 3.05) is 0 Å². The van der Waals surface area contributed by atoms with E-state index in [0.717, 1.165) is 72.2 Å². The molecule has 0 saturated carbocycles. The quantitative estimate of drug-likeness (QED) is 0.205. The summed E-state index contributed by atoms with van der Waals surface area (Å²) in [5, 5.41) is 3.04. The van der Waals surface area contributed by atoms with Crippen molar-refractivity contribution in [3.05, 3.63) is 120 Å². The third-order valence-corrected chi connectivity index (χ3v) is 8.80. The van der Waals surface area contributed by atoms with Crippen LogP contribution >= 0.6 is 0 Å². The Morgan fingerprint density at radius 1 is 0.682 bits per heavy atom. The van der Waals surface area contributed by atoms with Gasteiger partial charge in [0.05, 0.1) is 27.7 Å². The predicted molar refractivity (Wildman–Crippen MR) is 182 cm³/mol. The number of rotatable bonds is 5. The molecule has 0 saturated heterocycles. The van der Waals surface area contributed by atoms with Gasteiger partial charge in [0, 0.05) is 16.3 Å². The average Bonchev–Trinajstić information content (AvgIpc) is 3.73. The summed E-state index contributed by atoms with van der Waals surface area (Å²) in [5.74, 6) is 2.36. The molecule has 0 amide bonds. The zero-order valence-electron chi connectivity index (χ0n) is 25.7. The SMILES string of the molecule is Cc1ccc2c(c1)oc1c(-c3nc4ccccc4n3-c3c(C(C)C)cccc3C(C)C)cc3cc(-c4ccccc4)oc3c12. The van der Waals surface area contributed by atoms with Gasteiger partial charge in [-0.25, -0.2) is 4.98 Å². The molecule has 8 aromatic rings. The van der Waals surface area contributed by atoms with Crippen LogP contribution in [0.4, 0.5) is 0 Å². The van der Waals surface area contributed by atoms with E-state index in [1.807, 2.05) is 18.2 Å². The lowest BCUT2D eigenvalue weighted by Crippen LogP contribution is -2.08. The summed E-state index contributed by atoms with van der Waals surface area (Å²) in [5.41, 5.74) is 11.4. The fourth-order valence-corrected chi connectivity index (χ4v) is 6.66.